The van der Waals surface area contributed by atoms with Crippen LogP contribution >= 0.6 is 0 Å². The van der Waals surface area contributed by atoms with Crippen molar-refractivity contribution in [2.75, 3.05) is 13.2 Å². The SMILES string of the molecule is CCC/C=C\C/C=C\CCCCCCCC(=O)OCCCCC/C=C\CCCCCCCC(=O)NC(CO)C(O)CCCCCCCCCCCCC. The molecule has 0 aromatic heterocycles. The molecule has 0 radical (unpaired) electrons. The maximum absolute atomic E-state index is 12.4. The summed E-state index contributed by atoms with van der Waals surface area (Å²) >= 11 is 0. The number of nitrogens with one attached hydrogen (secondary N) is 1. The number of unbranched alkanes of at least 4 members (excludes halogenated alkanes) is 24. The second-order valence-electron chi connectivity index (χ2n) is 15.4. The molecular weight excluding hydrogens is 659 g/mol. The van der Waals surface area contributed by atoms with Crippen molar-refractivity contribution in [2.45, 2.75) is 238 Å². The molecule has 0 heterocycles. The van der Waals surface area contributed by atoms with Crippen LogP contribution in [0, 0.1) is 0 Å². The van der Waals surface area contributed by atoms with E-state index in [-0.39, 0.29) is 18.5 Å². The fraction of sp³-hybridized carbons (Fsp3) is 0.830. The number of amides is 1. The van der Waals surface area contributed by atoms with Crippen molar-refractivity contribution >= 4 is 11.9 Å². The van der Waals surface area contributed by atoms with E-state index < -0.39 is 12.1 Å². The molecule has 0 bridgehead atoms. The van der Waals surface area contributed by atoms with E-state index in [4.69, 9.17) is 4.74 Å². The molecule has 0 aliphatic heterocycles. The zero-order chi connectivity index (χ0) is 38.7. The normalized spacial score (nSPS) is 13.1. The molecule has 0 aromatic carbocycles. The predicted molar refractivity (Wildman–Crippen MR) is 227 cm³/mol. The first-order chi connectivity index (χ1) is 26.0. The minimum absolute atomic E-state index is 0.0392. The molecule has 0 fully saturated rings. The van der Waals surface area contributed by atoms with Crippen LogP contribution in [0.4, 0.5) is 0 Å². The topological polar surface area (TPSA) is 95.9 Å². The van der Waals surface area contributed by atoms with Crippen LogP contribution in [-0.2, 0) is 14.3 Å². The van der Waals surface area contributed by atoms with Crippen molar-refractivity contribution in [2.24, 2.45) is 0 Å². The molecule has 0 saturated heterocycles. The highest BCUT2D eigenvalue weighted by Crippen LogP contribution is 2.15. The van der Waals surface area contributed by atoms with Crippen LogP contribution in [-0.4, -0.2) is 47.4 Å². The molecule has 0 aliphatic carbocycles. The van der Waals surface area contributed by atoms with Gasteiger partial charge in [0.2, 0.25) is 5.91 Å². The van der Waals surface area contributed by atoms with Crippen LogP contribution in [0.1, 0.15) is 226 Å². The van der Waals surface area contributed by atoms with Crippen molar-refractivity contribution in [1.29, 1.82) is 0 Å². The summed E-state index contributed by atoms with van der Waals surface area (Å²) in [5.41, 5.74) is 0. The Morgan fingerprint density at radius 3 is 1.53 bits per heavy atom. The number of aliphatic hydroxyl groups excluding tert-OH is 2. The lowest BCUT2D eigenvalue weighted by atomic mass is 10.0. The summed E-state index contributed by atoms with van der Waals surface area (Å²) in [5.74, 6) is -0.104. The van der Waals surface area contributed by atoms with Gasteiger partial charge in [-0.2, -0.15) is 0 Å². The highest BCUT2D eigenvalue weighted by Gasteiger charge is 2.20. The van der Waals surface area contributed by atoms with E-state index in [1.807, 2.05) is 0 Å². The van der Waals surface area contributed by atoms with Gasteiger partial charge in [0.15, 0.2) is 0 Å². The van der Waals surface area contributed by atoms with Gasteiger partial charge in [0.1, 0.15) is 0 Å². The van der Waals surface area contributed by atoms with Gasteiger partial charge in [-0.3, -0.25) is 9.59 Å². The van der Waals surface area contributed by atoms with E-state index in [1.165, 1.54) is 103 Å². The number of carbonyl (C=O) groups is 2. The standard InChI is InChI=1S/C47H87NO5/c1-3-5-7-9-11-13-15-16-21-25-29-33-37-41-47(52)53-42-38-34-30-26-22-18-17-20-24-28-32-36-40-46(51)48-44(43-49)45(50)39-35-31-27-23-19-14-12-10-8-6-4-2/h7,9,13,15,18,22,44-45,49-50H,3-6,8,10-12,14,16-17,19-21,23-43H2,1-2H3,(H,48,51)/b9-7-,15-13-,22-18-. The summed E-state index contributed by atoms with van der Waals surface area (Å²) in [6, 6.07) is -0.559. The average molecular weight is 746 g/mol. The van der Waals surface area contributed by atoms with Crippen LogP contribution < -0.4 is 5.32 Å². The number of allylic oxidation sites excluding steroid dienone is 6. The molecule has 3 N–H and O–H groups in total. The molecule has 6 heteroatoms. The Hall–Kier alpha value is -1.92. The number of esters is 1. The van der Waals surface area contributed by atoms with Crippen LogP contribution in [0.15, 0.2) is 36.5 Å². The minimum Gasteiger partial charge on any atom is -0.466 e. The van der Waals surface area contributed by atoms with E-state index in [2.05, 4.69) is 55.6 Å². The maximum Gasteiger partial charge on any atom is 0.305 e. The van der Waals surface area contributed by atoms with Crippen LogP contribution in [0.3, 0.4) is 0 Å². The van der Waals surface area contributed by atoms with Gasteiger partial charge in [-0.25, -0.2) is 0 Å². The molecule has 310 valence electrons. The first-order valence-corrected chi connectivity index (χ1v) is 22.7. The van der Waals surface area contributed by atoms with Gasteiger partial charge in [-0.05, 0) is 83.5 Å². The summed E-state index contributed by atoms with van der Waals surface area (Å²) < 4.78 is 5.42. The Kier molecular flexibility index (Phi) is 41.3. The summed E-state index contributed by atoms with van der Waals surface area (Å²) in [6.45, 7) is 4.79. The highest BCUT2D eigenvalue weighted by atomic mass is 16.5. The van der Waals surface area contributed by atoms with Crippen LogP contribution in [0.25, 0.3) is 0 Å². The van der Waals surface area contributed by atoms with Gasteiger partial charge in [0.25, 0.3) is 0 Å². The molecule has 0 spiro atoms. The third-order valence-corrected chi connectivity index (χ3v) is 10.1. The first-order valence-electron chi connectivity index (χ1n) is 22.7. The van der Waals surface area contributed by atoms with Crippen molar-refractivity contribution < 1.29 is 24.5 Å². The van der Waals surface area contributed by atoms with Crippen LogP contribution in [0.2, 0.25) is 0 Å². The molecule has 0 rings (SSSR count). The Balaban J connectivity index is 3.53. The lowest BCUT2D eigenvalue weighted by molar-refractivity contribution is -0.143. The number of ether oxygens (including phenoxy) is 1. The predicted octanol–water partition coefficient (Wildman–Crippen LogP) is 12.9. The molecule has 2 atom stereocenters. The summed E-state index contributed by atoms with van der Waals surface area (Å²) in [7, 11) is 0. The monoisotopic (exact) mass is 746 g/mol. The van der Waals surface area contributed by atoms with Crippen molar-refractivity contribution in [3.63, 3.8) is 0 Å². The van der Waals surface area contributed by atoms with Gasteiger partial charge < -0.3 is 20.3 Å². The summed E-state index contributed by atoms with van der Waals surface area (Å²) in [6.07, 6.45) is 49.5. The Bertz CT molecular complexity index is 869. The number of hydrogen-bond donors (Lipinski definition) is 3. The Morgan fingerprint density at radius 1 is 0.528 bits per heavy atom. The minimum atomic E-state index is -0.679. The third kappa shape index (κ3) is 39.6. The molecule has 0 aromatic rings. The molecule has 0 aliphatic rings. The maximum atomic E-state index is 12.4. The highest BCUT2D eigenvalue weighted by molar-refractivity contribution is 5.76. The number of hydrogen-bond acceptors (Lipinski definition) is 5. The molecule has 1 amide bonds. The lowest BCUT2D eigenvalue weighted by Gasteiger charge is -2.22. The van der Waals surface area contributed by atoms with Gasteiger partial charge in [0, 0.05) is 12.8 Å². The number of aliphatic hydroxyl groups is 2. The molecule has 53 heavy (non-hydrogen) atoms. The molecule has 6 nitrogen and oxygen atoms in total. The average Bonchev–Trinajstić information content (AvgIpc) is 3.16. The van der Waals surface area contributed by atoms with Gasteiger partial charge in [-0.1, -0.05) is 166 Å². The van der Waals surface area contributed by atoms with E-state index >= 15 is 0 Å². The van der Waals surface area contributed by atoms with Crippen molar-refractivity contribution in [3.05, 3.63) is 36.5 Å². The number of carbonyl (C=O) groups excluding carboxylic acids is 2. The quantitative estimate of drug-likeness (QED) is 0.0329. The van der Waals surface area contributed by atoms with E-state index in [0.717, 1.165) is 89.9 Å². The van der Waals surface area contributed by atoms with Gasteiger partial charge in [0.05, 0.1) is 25.4 Å². The fourth-order valence-corrected chi connectivity index (χ4v) is 6.61. The third-order valence-electron chi connectivity index (χ3n) is 10.1. The van der Waals surface area contributed by atoms with Crippen molar-refractivity contribution in [3.8, 4) is 0 Å². The molecule has 2 unspecified atom stereocenters. The summed E-state index contributed by atoms with van der Waals surface area (Å²) in [4.78, 5) is 24.3. The van der Waals surface area contributed by atoms with Gasteiger partial charge in [-0.15, -0.1) is 0 Å². The van der Waals surface area contributed by atoms with E-state index in [9.17, 15) is 19.8 Å². The Morgan fingerprint density at radius 2 is 0.981 bits per heavy atom. The molecular formula is C47H87NO5. The zero-order valence-corrected chi connectivity index (χ0v) is 35.0. The first kappa shape index (κ1) is 51.1. The van der Waals surface area contributed by atoms with E-state index in [0.29, 0.717) is 25.9 Å². The second-order valence-corrected chi connectivity index (χ2v) is 15.4. The van der Waals surface area contributed by atoms with E-state index in [1.54, 1.807) is 0 Å². The number of rotatable bonds is 41. The van der Waals surface area contributed by atoms with Crippen LogP contribution in [0.5, 0.6) is 0 Å². The smallest absolute Gasteiger partial charge is 0.305 e. The van der Waals surface area contributed by atoms with Gasteiger partial charge >= 0.3 is 5.97 Å². The second kappa shape index (κ2) is 42.8. The summed E-state index contributed by atoms with van der Waals surface area (Å²) in [5, 5.41) is 23.1. The molecule has 0 saturated carbocycles. The fourth-order valence-electron chi connectivity index (χ4n) is 6.61. The largest absolute Gasteiger partial charge is 0.466 e. The van der Waals surface area contributed by atoms with Crippen molar-refractivity contribution in [1.82, 2.24) is 5.32 Å². The lowest BCUT2D eigenvalue weighted by Crippen LogP contribution is -2.45. The zero-order valence-electron chi connectivity index (χ0n) is 35.0. The Labute approximate surface area is 328 Å².